The Kier molecular flexibility index (Phi) is 4.81. The van der Waals surface area contributed by atoms with E-state index in [0.29, 0.717) is 0 Å². The van der Waals surface area contributed by atoms with E-state index in [4.69, 9.17) is 0 Å². The van der Waals surface area contributed by atoms with Crippen molar-refractivity contribution < 1.29 is 0 Å². The maximum absolute atomic E-state index is 4.41. The molecule has 2 aliphatic carbocycles. The van der Waals surface area contributed by atoms with E-state index >= 15 is 0 Å². The van der Waals surface area contributed by atoms with Crippen molar-refractivity contribution in [1.29, 1.82) is 0 Å². The number of allylic oxidation sites excluding steroid dienone is 5. The number of hydrogen-bond donors (Lipinski definition) is 0. The zero-order valence-corrected chi connectivity index (χ0v) is 19.8. The normalized spacial score (nSPS) is 20.2. The quantitative estimate of drug-likeness (QED) is 0.251. The van der Waals surface area contributed by atoms with E-state index in [1.807, 2.05) is 0 Å². The van der Waals surface area contributed by atoms with Crippen molar-refractivity contribution in [1.82, 2.24) is 0 Å². The summed E-state index contributed by atoms with van der Waals surface area (Å²) in [5.74, 6) is 0. The van der Waals surface area contributed by atoms with Crippen LogP contribution in [0.5, 0.6) is 0 Å². The SMILES string of the molecule is C=C1/C=C\C=C/CC2(c3ccccc31)c1ccccc1-c1ccc(-c3ccc(Br)cc3)cc12. The Morgan fingerprint density at radius 2 is 1.27 bits per heavy atom. The highest BCUT2D eigenvalue weighted by atomic mass is 79.9. The summed E-state index contributed by atoms with van der Waals surface area (Å²) in [4.78, 5) is 0. The molecule has 6 rings (SSSR count). The lowest BCUT2D eigenvalue weighted by molar-refractivity contribution is 0.644. The molecule has 0 amide bonds. The van der Waals surface area contributed by atoms with Gasteiger partial charge >= 0.3 is 0 Å². The maximum atomic E-state index is 4.41. The maximum Gasteiger partial charge on any atom is 0.0504 e. The zero-order valence-electron chi connectivity index (χ0n) is 18.3. The van der Waals surface area contributed by atoms with Gasteiger partial charge in [0.2, 0.25) is 0 Å². The van der Waals surface area contributed by atoms with Crippen LogP contribution >= 0.6 is 15.9 Å². The van der Waals surface area contributed by atoms with Gasteiger partial charge in [-0.1, -0.05) is 120 Å². The zero-order chi connectivity index (χ0) is 22.4. The van der Waals surface area contributed by atoms with Gasteiger partial charge in [-0.25, -0.2) is 0 Å². The van der Waals surface area contributed by atoms with Crippen molar-refractivity contribution in [2.45, 2.75) is 11.8 Å². The van der Waals surface area contributed by atoms with Crippen LogP contribution in [-0.4, -0.2) is 0 Å². The van der Waals surface area contributed by atoms with Crippen molar-refractivity contribution in [2.24, 2.45) is 0 Å². The minimum atomic E-state index is -0.265. The Labute approximate surface area is 203 Å². The third-order valence-corrected chi connectivity index (χ3v) is 7.56. The van der Waals surface area contributed by atoms with Gasteiger partial charge in [-0.15, -0.1) is 0 Å². The summed E-state index contributed by atoms with van der Waals surface area (Å²) in [6.07, 6.45) is 9.60. The second kappa shape index (κ2) is 7.86. The summed E-state index contributed by atoms with van der Waals surface area (Å²) in [6.45, 7) is 4.41. The Bertz CT molecular complexity index is 1450. The molecule has 0 N–H and O–H groups in total. The highest BCUT2D eigenvalue weighted by Gasteiger charge is 2.45. The van der Waals surface area contributed by atoms with Crippen LogP contribution < -0.4 is 0 Å². The van der Waals surface area contributed by atoms with Gasteiger partial charge in [-0.2, -0.15) is 0 Å². The number of rotatable bonds is 1. The van der Waals surface area contributed by atoms with Crippen LogP contribution in [0.2, 0.25) is 0 Å². The van der Waals surface area contributed by atoms with Crippen LogP contribution in [0.3, 0.4) is 0 Å². The van der Waals surface area contributed by atoms with Crippen LogP contribution in [0.15, 0.2) is 126 Å². The molecule has 158 valence electrons. The first-order valence-electron chi connectivity index (χ1n) is 11.3. The van der Waals surface area contributed by atoms with E-state index in [1.165, 1.54) is 44.5 Å². The molecule has 2 aliphatic rings. The molecule has 0 aliphatic heterocycles. The second-order valence-electron chi connectivity index (χ2n) is 8.78. The summed E-state index contributed by atoms with van der Waals surface area (Å²) >= 11 is 3.57. The van der Waals surface area contributed by atoms with Crippen molar-refractivity contribution in [3.63, 3.8) is 0 Å². The molecule has 1 unspecified atom stereocenters. The van der Waals surface area contributed by atoms with Gasteiger partial charge in [-0.3, -0.25) is 0 Å². The molecule has 0 fully saturated rings. The third kappa shape index (κ3) is 3.11. The van der Waals surface area contributed by atoms with Gasteiger partial charge in [-0.05, 0) is 74.7 Å². The number of fused-ring (bicyclic) bond motifs is 7. The Hall–Kier alpha value is -3.42. The van der Waals surface area contributed by atoms with Gasteiger partial charge in [0, 0.05) is 4.47 Å². The topological polar surface area (TPSA) is 0 Å². The standard InChI is InChI=1S/C32H23Br/c1-22-9-3-2-8-20-32(29-12-6-4-10-26(22)29)30-13-7-5-11-27(30)28-19-16-24(21-31(28)32)23-14-17-25(33)18-15-23/h2-19,21H,1,20H2/b8-2-,9-3-. The molecule has 1 spiro atoms. The van der Waals surface area contributed by atoms with Gasteiger partial charge in [0.1, 0.15) is 0 Å². The van der Waals surface area contributed by atoms with E-state index in [2.05, 4.69) is 138 Å². The Balaban J connectivity index is 1.69. The van der Waals surface area contributed by atoms with Crippen LogP contribution in [-0.2, 0) is 5.41 Å². The average molecular weight is 487 g/mol. The summed E-state index contributed by atoms with van der Waals surface area (Å²) < 4.78 is 1.10. The molecular formula is C32H23Br. The highest BCUT2D eigenvalue weighted by molar-refractivity contribution is 9.10. The van der Waals surface area contributed by atoms with Crippen molar-refractivity contribution in [3.8, 4) is 22.3 Å². The minimum Gasteiger partial charge on any atom is -0.0911 e. The molecule has 0 radical (unpaired) electrons. The fourth-order valence-electron chi connectivity index (χ4n) is 5.53. The first-order valence-corrected chi connectivity index (χ1v) is 12.1. The predicted octanol–water partition coefficient (Wildman–Crippen LogP) is 8.96. The minimum absolute atomic E-state index is 0.265. The summed E-state index contributed by atoms with van der Waals surface area (Å²) in [5, 5.41) is 0. The monoisotopic (exact) mass is 486 g/mol. The van der Waals surface area contributed by atoms with Crippen LogP contribution in [0.4, 0.5) is 0 Å². The third-order valence-electron chi connectivity index (χ3n) is 7.04. The lowest BCUT2D eigenvalue weighted by Crippen LogP contribution is -2.27. The van der Waals surface area contributed by atoms with Gasteiger partial charge in [0.05, 0.1) is 5.41 Å². The van der Waals surface area contributed by atoms with E-state index < -0.39 is 0 Å². The lowest BCUT2D eigenvalue weighted by atomic mass is 9.68. The van der Waals surface area contributed by atoms with Crippen LogP contribution in [0.1, 0.15) is 28.7 Å². The number of benzene rings is 4. The van der Waals surface area contributed by atoms with Crippen molar-refractivity contribution in [2.75, 3.05) is 0 Å². The fraction of sp³-hybridized carbons (Fsp3) is 0.0625. The molecule has 1 heteroatoms. The van der Waals surface area contributed by atoms with Crippen molar-refractivity contribution >= 4 is 21.5 Å². The van der Waals surface area contributed by atoms with Gasteiger partial charge in [0.25, 0.3) is 0 Å². The predicted molar refractivity (Wildman–Crippen MR) is 143 cm³/mol. The molecule has 4 aromatic carbocycles. The number of hydrogen-bond acceptors (Lipinski definition) is 0. The first kappa shape index (κ1) is 20.2. The van der Waals surface area contributed by atoms with E-state index in [9.17, 15) is 0 Å². The lowest BCUT2D eigenvalue weighted by Gasteiger charge is -2.34. The molecule has 33 heavy (non-hydrogen) atoms. The summed E-state index contributed by atoms with van der Waals surface area (Å²) in [7, 11) is 0. The van der Waals surface area contributed by atoms with E-state index in [0.717, 1.165) is 16.5 Å². The Morgan fingerprint density at radius 3 is 2.06 bits per heavy atom. The highest BCUT2D eigenvalue weighted by Crippen LogP contribution is 2.56. The van der Waals surface area contributed by atoms with E-state index in [1.54, 1.807) is 0 Å². The molecule has 0 saturated carbocycles. The molecule has 0 aromatic heterocycles. The first-order chi connectivity index (χ1) is 16.2. The molecule has 4 aromatic rings. The van der Waals surface area contributed by atoms with Crippen molar-refractivity contribution in [3.05, 3.63) is 149 Å². The smallest absolute Gasteiger partial charge is 0.0504 e. The second-order valence-corrected chi connectivity index (χ2v) is 9.70. The number of halogens is 1. The summed E-state index contributed by atoms with van der Waals surface area (Å²) in [6, 6.07) is 33.3. The van der Waals surface area contributed by atoms with Crippen LogP contribution in [0.25, 0.3) is 27.8 Å². The molecule has 0 saturated heterocycles. The van der Waals surface area contributed by atoms with E-state index in [-0.39, 0.29) is 5.41 Å². The van der Waals surface area contributed by atoms with Crippen LogP contribution in [0, 0.1) is 0 Å². The van der Waals surface area contributed by atoms with Gasteiger partial charge < -0.3 is 0 Å². The van der Waals surface area contributed by atoms with Gasteiger partial charge in [0.15, 0.2) is 0 Å². The summed E-state index contributed by atoms with van der Waals surface area (Å²) in [5.41, 5.74) is 11.2. The molecular weight excluding hydrogens is 464 g/mol. The molecule has 0 heterocycles. The molecule has 0 bridgehead atoms. The molecule has 0 nitrogen and oxygen atoms in total. The largest absolute Gasteiger partial charge is 0.0911 e. The molecule has 1 atom stereocenters. The Morgan fingerprint density at radius 1 is 0.636 bits per heavy atom. The fourth-order valence-corrected chi connectivity index (χ4v) is 5.79. The average Bonchev–Trinajstić information content (AvgIpc) is 3.17.